The molecule has 0 aromatic rings. The number of hydrogen-bond acceptors (Lipinski definition) is 3. The van der Waals surface area contributed by atoms with Crippen LogP contribution >= 0.6 is 0 Å². The molecule has 0 spiro atoms. The Labute approximate surface area is 111 Å². The summed E-state index contributed by atoms with van der Waals surface area (Å²) in [6.07, 6.45) is 3.83. The van der Waals surface area contributed by atoms with Gasteiger partial charge in [0.1, 0.15) is 5.84 Å². The van der Waals surface area contributed by atoms with Crippen molar-refractivity contribution in [3.8, 4) is 0 Å². The number of rotatable bonds is 3. The Morgan fingerprint density at radius 3 is 2.61 bits per heavy atom. The van der Waals surface area contributed by atoms with Crippen LogP contribution in [0.15, 0.2) is 5.16 Å². The molecule has 4 heteroatoms. The van der Waals surface area contributed by atoms with Crippen LogP contribution in [-0.2, 0) is 0 Å². The number of hydrogen-bond donors (Lipinski definition) is 2. The molecule has 0 aliphatic carbocycles. The monoisotopic (exact) mass is 255 g/mol. The van der Waals surface area contributed by atoms with Gasteiger partial charge in [-0.25, -0.2) is 0 Å². The van der Waals surface area contributed by atoms with E-state index in [0.717, 1.165) is 25.6 Å². The highest BCUT2D eigenvalue weighted by molar-refractivity contribution is 5.82. The first-order valence-electron chi connectivity index (χ1n) is 7.04. The maximum atomic E-state index is 8.68. The van der Waals surface area contributed by atoms with Crippen molar-refractivity contribution < 1.29 is 5.21 Å². The first kappa shape index (κ1) is 15.3. The summed E-state index contributed by atoms with van der Waals surface area (Å²) in [6.45, 7) is 12.2. The van der Waals surface area contributed by atoms with Crippen molar-refractivity contribution >= 4 is 5.84 Å². The highest BCUT2D eigenvalue weighted by atomic mass is 16.4. The van der Waals surface area contributed by atoms with E-state index in [-0.39, 0.29) is 5.92 Å². The Balaban J connectivity index is 2.48. The van der Waals surface area contributed by atoms with Gasteiger partial charge in [0.15, 0.2) is 0 Å². The molecule has 1 heterocycles. The summed E-state index contributed by atoms with van der Waals surface area (Å²) in [4.78, 5) is 2.45. The molecule has 106 valence electrons. The van der Waals surface area contributed by atoms with Gasteiger partial charge in [-0.3, -0.25) is 0 Å². The molecule has 0 amide bonds. The first-order chi connectivity index (χ1) is 8.34. The van der Waals surface area contributed by atoms with Gasteiger partial charge in [-0.15, -0.1) is 0 Å². The zero-order valence-electron chi connectivity index (χ0n) is 12.3. The van der Waals surface area contributed by atoms with Gasteiger partial charge in [-0.1, -0.05) is 32.9 Å². The fourth-order valence-corrected chi connectivity index (χ4v) is 2.78. The van der Waals surface area contributed by atoms with Crippen LogP contribution < -0.4 is 5.73 Å². The number of nitrogens with zero attached hydrogens (tertiary/aromatic N) is 2. The molecular weight excluding hydrogens is 226 g/mol. The summed E-state index contributed by atoms with van der Waals surface area (Å²) in [5, 5.41) is 11.8. The van der Waals surface area contributed by atoms with E-state index < -0.39 is 0 Å². The fourth-order valence-electron chi connectivity index (χ4n) is 2.78. The average Bonchev–Trinajstić information content (AvgIpc) is 2.52. The molecule has 0 bridgehead atoms. The van der Waals surface area contributed by atoms with Crippen LogP contribution in [0.4, 0.5) is 0 Å². The molecule has 18 heavy (non-hydrogen) atoms. The Kier molecular flexibility index (Phi) is 5.45. The van der Waals surface area contributed by atoms with Gasteiger partial charge < -0.3 is 15.8 Å². The molecule has 1 rings (SSSR count). The van der Waals surface area contributed by atoms with Gasteiger partial charge in [0.05, 0.1) is 0 Å². The van der Waals surface area contributed by atoms with Crippen molar-refractivity contribution in [2.75, 3.05) is 19.6 Å². The maximum Gasteiger partial charge on any atom is 0.143 e. The van der Waals surface area contributed by atoms with E-state index in [2.05, 4.69) is 30.8 Å². The van der Waals surface area contributed by atoms with E-state index in [1.807, 2.05) is 6.92 Å². The third-order valence-electron chi connectivity index (χ3n) is 4.20. The van der Waals surface area contributed by atoms with Gasteiger partial charge in [-0.2, -0.15) is 0 Å². The Hall–Kier alpha value is -0.770. The number of likely N-dealkylation sites (tertiary alicyclic amines) is 1. The van der Waals surface area contributed by atoms with E-state index in [4.69, 9.17) is 10.9 Å². The Morgan fingerprint density at radius 2 is 2.06 bits per heavy atom. The molecule has 1 saturated heterocycles. The van der Waals surface area contributed by atoms with Crippen LogP contribution in [0.3, 0.4) is 0 Å². The lowest BCUT2D eigenvalue weighted by Gasteiger charge is -2.30. The topological polar surface area (TPSA) is 61.8 Å². The normalized spacial score (nSPS) is 25.8. The molecule has 2 atom stereocenters. The third kappa shape index (κ3) is 4.48. The van der Waals surface area contributed by atoms with Crippen LogP contribution in [0.25, 0.3) is 0 Å². The van der Waals surface area contributed by atoms with Gasteiger partial charge in [-0.05, 0) is 43.7 Å². The number of nitrogens with two attached hydrogens (primary N) is 1. The Bertz CT molecular complexity index is 283. The van der Waals surface area contributed by atoms with E-state index in [9.17, 15) is 0 Å². The highest BCUT2D eigenvalue weighted by Gasteiger charge is 2.27. The van der Waals surface area contributed by atoms with Crippen LogP contribution in [0.1, 0.15) is 47.0 Å². The second kappa shape index (κ2) is 6.41. The van der Waals surface area contributed by atoms with Crippen molar-refractivity contribution in [2.45, 2.75) is 47.0 Å². The lowest BCUT2D eigenvalue weighted by atomic mass is 9.77. The average molecular weight is 255 g/mol. The minimum Gasteiger partial charge on any atom is -0.409 e. The summed E-state index contributed by atoms with van der Waals surface area (Å²) in [5.74, 6) is 1.27. The molecule has 4 nitrogen and oxygen atoms in total. The van der Waals surface area contributed by atoms with Gasteiger partial charge in [0, 0.05) is 12.5 Å². The molecule has 0 saturated carbocycles. The smallest absolute Gasteiger partial charge is 0.143 e. The largest absolute Gasteiger partial charge is 0.409 e. The lowest BCUT2D eigenvalue weighted by Crippen LogP contribution is -2.35. The van der Waals surface area contributed by atoms with Gasteiger partial charge >= 0.3 is 0 Å². The molecule has 1 aliphatic heterocycles. The van der Waals surface area contributed by atoms with E-state index in [1.165, 1.54) is 19.3 Å². The van der Waals surface area contributed by atoms with E-state index >= 15 is 0 Å². The van der Waals surface area contributed by atoms with Crippen LogP contribution in [0, 0.1) is 17.3 Å². The summed E-state index contributed by atoms with van der Waals surface area (Å²) >= 11 is 0. The summed E-state index contributed by atoms with van der Waals surface area (Å²) in [7, 11) is 0. The molecule has 0 aromatic carbocycles. The van der Waals surface area contributed by atoms with Crippen LogP contribution in [-0.4, -0.2) is 35.6 Å². The van der Waals surface area contributed by atoms with Crippen molar-refractivity contribution in [2.24, 2.45) is 28.1 Å². The zero-order valence-corrected chi connectivity index (χ0v) is 12.3. The number of oxime groups is 1. The van der Waals surface area contributed by atoms with Gasteiger partial charge in [0.2, 0.25) is 0 Å². The quantitative estimate of drug-likeness (QED) is 0.352. The number of amidine groups is 1. The van der Waals surface area contributed by atoms with Crippen LogP contribution in [0.2, 0.25) is 0 Å². The summed E-state index contributed by atoms with van der Waals surface area (Å²) < 4.78 is 0. The predicted molar refractivity (Wildman–Crippen MR) is 75.8 cm³/mol. The van der Waals surface area contributed by atoms with E-state index in [1.54, 1.807) is 0 Å². The van der Waals surface area contributed by atoms with Crippen molar-refractivity contribution in [3.05, 3.63) is 0 Å². The second-order valence-corrected chi connectivity index (χ2v) is 6.72. The van der Waals surface area contributed by atoms with Crippen LogP contribution in [0.5, 0.6) is 0 Å². The molecule has 1 fully saturated rings. The van der Waals surface area contributed by atoms with Gasteiger partial charge in [0.25, 0.3) is 0 Å². The molecule has 3 N–H and O–H groups in total. The minimum atomic E-state index is 0.126. The maximum absolute atomic E-state index is 8.68. The SMILES string of the molecule is CC(CN1CCCC(C(C)(C)C)CC1)C(N)=NO. The summed E-state index contributed by atoms with van der Waals surface area (Å²) in [5.41, 5.74) is 6.05. The lowest BCUT2D eigenvalue weighted by molar-refractivity contribution is 0.205. The molecule has 0 aromatic heterocycles. The standard InChI is InChI=1S/C14H29N3O/c1-11(13(15)16-18)10-17-8-5-6-12(7-9-17)14(2,3)4/h11-12,18H,5-10H2,1-4H3,(H2,15,16). The molecule has 2 unspecified atom stereocenters. The molecule has 0 radical (unpaired) electrons. The molecular formula is C14H29N3O. The predicted octanol–water partition coefficient (Wildman–Crippen LogP) is 2.52. The third-order valence-corrected chi connectivity index (χ3v) is 4.20. The minimum absolute atomic E-state index is 0.126. The first-order valence-corrected chi connectivity index (χ1v) is 7.04. The van der Waals surface area contributed by atoms with E-state index in [0.29, 0.717) is 11.3 Å². The molecule has 1 aliphatic rings. The summed E-state index contributed by atoms with van der Waals surface area (Å²) in [6, 6.07) is 0. The fraction of sp³-hybridized carbons (Fsp3) is 0.929. The van der Waals surface area contributed by atoms with Crippen molar-refractivity contribution in [3.63, 3.8) is 0 Å². The highest BCUT2D eigenvalue weighted by Crippen LogP contribution is 2.34. The Morgan fingerprint density at radius 1 is 1.39 bits per heavy atom. The zero-order chi connectivity index (χ0) is 13.8. The van der Waals surface area contributed by atoms with Crippen molar-refractivity contribution in [1.82, 2.24) is 4.90 Å². The second-order valence-electron chi connectivity index (χ2n) is 6.72. The van der Waals surface area contributed by atoms with Crippen molar-refractivity contribution in [1.29, 1.82) is 0 Å².